The number of pyridine rings is 1. The zero-order valence-corrected chi connectivity index (χ0v) is 15.9. The zero-order valence-electron chi connectivity index (χ0n) is 14.3. The zero-order chi connectivity index (χ0) is 18.8. The lowest BCUT2D eigenvalue weighted by atomic mass is 9.91. The quantitative estimate of drug-likeness (QED) is 0.620. The largest absolute Gasteiger partial charge is 0.493 e. The van der Waals surface area contributed by atoms with Gasteiger partial charge in [0, 0.05) is 24.0 Å². The number of hydrogen-bond acceptors (Lipinski definition) is 5. The average molecular weight is 401 g/mol. The summed E-state index contributed by atoms with van der Waals surface area (Å²) in [4.78, 5) is 15.4. The molecule has 0 radical (unpaired) electrons. The van der Waals surface area contributed by atoms with Crippen LogP contribution in [-0.2, 0) is 0 Å². The van der Waals surface area contributed by atoms with Crippen molar-refractivity contribution in [1.82, 2.24) is 4.98 Å². The van der Waals surface area contributed by atoms with Gasteiger partial charge in [0.15, 0.2) is 0 Å². The van der Waals surface area contributed by atoms with Gasteiger partial charge in [-0.2, -0.15) is 0 Å². The Morgan fingerprint density at radius 3 is 3.00 bits per heavy atom. The van der Waals surface area contributed by atoms with Crippen molar-refractivity contribution in [3.05, 3.63) is 63.6 Å². The molecule has 0 aliphatic carbocycles. The summed E-state index contributed by atoms with van der Waals surface area (Å²) >= 11 is 7.55. The van der Waals surface area contributed by atoms with E-state index < -0.39 is 5.97 Å². The molecule has 0 saturated heterocycles. The number of benzene rings is 1. The van der Waals surface area contributed by atoms with Gasteiger partial charge < -0.3 is 15.2 Å². The van der Waals surface area contributed by atoms with Crippen LogP contribution >= 0.6 is 22.9 Å². The van der Waals surface area contributed by atoms with Crippen molar-refractivity contribution in [3.63, 3.8) is 0 Å². The minimum absolute atomic E-state index is 0.224. The van der Waals surface area contributed by atoms with Crippen LogP contribution in [0.3, 0.4) is 0 Å². The topological polar surface area (TPSA) is 71.5 Å². The fraction of sp³-hybridized carbons (Fsp3) is 0.200. The van der Waals surface area contributed by atoms with E-state index in [9.17, 15) is 9.90 Å². The number of hydrogen-bond donors (Lipinski definition) is 2. The summed E-state index contributed by atoms with van der Waals surface area (Å²) in [7, 11) is 0. The van der Waals surface area contributed by atoms with E-state index in [0.717, 1.165) is 33.2 Å². The lowest BCUT2D eigenvalue weighted by Crippen LogP contribution is -2.21. The number of halogens is 1. The summed E-state index contributed by atoms with van der Waals surface area (Å²) in [6.07, 6.45) is 3.90. The molecule has 1 aromatic carbocycles. The molecule has 2 N–H and O–H groups in total. The third-order valence-corrected chi connectivity index (χ3v) is 5.76. The molecule has 0 fully saturated rings. The smallest absolute Gasteiger partial charge is 0.337 e. The van der Waals surface area contributed by atoms with Crippen LogP contribution < -0.4 is 10.1 Å². The Balaban J connectivity index is 1.54. The van der Waals surface area contributed by atoms with Crippen molar-refractivity contribution in [2.45, 2.75) is 12.3 Å². The number of anilines is 1. The number of carboxylic acid groups (broad SMARTS) is 1. The molecule has 2 aromatic heterocycles. The normalized spacial score (nSPS) is 15.7. The molecule has 0 amide bonds. The Kier molecular flexibility index (Phi) is 5.01. The molecular weight excluding hydrogens is 384 g/mol. The molecular formula is C20H17ClN2O3S. The lowest BCUT2D eigenvalue weighted by Gasteiger charge is -2.27. The Labute approximate surface area is 165 Å². The highest BCUT2D eigenvalue weighted by Gasteiger charge is 2.22. The number of fused-ring (bicyclic) bond motifs is 1. The second kappa shape index (κ2) is 7.58. The van der Waals surface area contributed by atoms with Crippen LogP contribution in [-0.4, -0.2) is 29.2 Å². The highest BCUT2D eigenvalue weighted by molar-refractivity contribution is 7.14. The van der Waals surface area contributed by atoms with Crippen molar-refractivity contribution in [1.29, 1.82) is 0 Å². The van der Waals surface area contributed by atoms with E-state index in [2.05, 4.69) is 22.4 Å². The van der Waals surface area contributed by atoms with Crippen LogP contribution in [0.5, 0.6) is 5.75 Å². The average Bonchev–Trinajstić information content (AvgIpc) is 3.12. The van der Waals surface area contributed by atoms with E-state index in [1.54, 1.807) is 6.20 Å². The number of thiophene rings is 1. The fourth-order valence-electron chi connectivity index (χ4n) is 3.27. The highest BCUT2D eigenvalue weighted by atomic mass is 35.5. The first-order valence-corrected chi connectivity index (χ1v) is 9.80. The first kappa shape index (κ1) is 17.8. The standard InChI is InChI=1S/C20H17ClN2O3S/c21-19-8-14(11-27-19)12-1-2-15-13(4-6-26-18(15)7-12)9-23-17-10-22-5-3-16(17)20(24)25/h1-3,5,7-8,10-11,13,23H,4,6,9H2,(H,24,25)/t13-/m1/s1. The summed E-state index contributed by atoms with van der Waals surface area (Å²) in [5.74, 6) is 0.138. The third kappa shape index (κ3) is 3.77. The number of ether oxygens (including phenoxy) is 1. The predicted molar refractivity (Wildman–Crippen MR) is 107 cm³/mol. The first-order valence-electron chi connectivity index (χ1n) is 8.54. The van der Waals surface area contributed by atoms with Crippen LogP contribution in [0, 0.1) is 0 Å². The van der Waals surface area contributed by atoms with Gasteiger partial charge in [-0.25, -0.2) is 4.79 Å². The van der Waals surface area contributed by atoms with Gasteiger partial charge in [0.1, 0.15) is 5.75 Å². The minimum atomic E-state index is -0.966. The number of carbonyl (C=O) groups is 1. The molecule has 27 heavy (non-hydrogen) atoms. The Bertz CT molecular complexity index is 989. The lowest BCUT2D eigenvalue weighted by molar-refractivity contribution is 0.0697. The van der Waals surface area contributed by atoms with Crippen molar-refractivity contribution in [2.75, 3.05) is 18.5 Å². The number of rotatable bonds is 5. The van der Waals surface area contributed by atoms with Gasteiger partial charge in [0.25, 0.3) is 0 Å². The molecule has 138 valence electrons. The predicted octanol–water partition coefficient (Wildman–Crippen LogP) is 5.14. The van der Waals surface area contributed by atoms with E-state index >= 15 is 0 Å². The van der Waals surface area contributed by atoms with Gasteiger partial charge in [-0.3, -0.25) is 4.98 Å². The molecule has 1 aliphatic heterocycles. The number of nitrogens with zero attached hydrogens (tertiary/aromatic N) is 1. The molecule has 7 heteroatoms. The second-order valence-electron chi connectivity index (χ2n) is 6.33. The Morgan fingerprint density at radius 1 is 1.33 bits per heavy atom. The van der Waals surface area contributed by atoms with Gasteiger partial charge in [-0.15, -0.1) is 11.3 Å². The summed E-state index contributed by atoms with van der Waals surface area (Å²) in [5, 5.41) is 14.6. The van der Waals surface area contributed by atoms with Crippen LogP contribution in [0.4, 0.5) is 5.69 Å². The molecule has 5 nitrogen and oxygen atoms in total. The van der Waals surface area contributed by atoms with Crippen LogP contribution in [0.1, 0.15) is 28.3 Å². The molecule has 0 unspecified atom stereocenters. The first-order chi connectivity index (χ1) is 13.1. The molecule has 1 atom stereocenters. The van der Waals surface area contributed by atoms with Crippen LogP contribution in [0.15, 0.2) is 48.1 Å². The summed E-state index contributed by atoms with van der Waals surface area (Å²) in [5.41, 5.74) is 4.04. The molecule has 0 spiro atoms. The summed E-state index contributed by atoms with van der Waals surface area (Å²) in [6.45, 7) is 1.25. The summed E-state index contributed by atoms with van der Waals surface area (Å²) < 4.78 is 6.63. The number of nitrogens with one attached hydrogen (secondary N) is 1. The summed E-state index contributed by atoms with van der Waals surface area (Å²) in [6, 6.07) is 9.66. The van der Waals surface area contributed by atoms with Crippen LogP contribution in [0.25, 0.3) is 11.1 Å². The Morgan fingerprint density at radius 2 is 2.22 bits per heavy atom. The van der Waals surface area contributed by atoms with E-state index in [1.165, 1.54) is 23.6 Å². The number of aromatic nitrogens is 1. The van der Waals surface area contributed by atoms with Crippen LogP contribution in [0.2, 0.25) is 4.34 Å². The van der Waals surface area contributed by atoms with Gasteiger partial charge in [-0.05, 0) is 41.3 Å². The van der Waals surface area contributed by atoms with Crippen molar-refractivity contribution < 1.29 is 14.6 Å². The molecule has 1 aliphatic rings. The molecule has 4 rings (SSSR count). The maximum atomic E-state index is 11.3. The van der Waals surface area contributed by atoms with Gasteiger partial charge in [0.2, 0.25) is 0 Å². The molecule has 0 saturated carbocycles. The Hall–Kier alpha value is -2.57. The third-order valence-electron chi connectivity index (χ3n) is 4.67. The minimum Gasteiger partial charge on any atom is -0.493 e. The van der Waals surface area contributed by atoms with Gasteiger partial charge in [-0.1, -0.05) is 23.7 Å². The second-order valence-corrected chi connectivity index (χ2v) is 7.88. The molecule has 3 aromatic rings. The van der Waals surface area contributed by atoms with E-state index in [0.29, 0.717) is 18.8 Å². The molecule has 3 heterocycles. The molecule has 0 bridgehead atoms. The SMILES string of the molecule is O=C(O)c1ccncc1NC[C@H]1CCOc2cc(-c3csc(Cl)c3)ccc21. The highest BCUT2D eigenvalue weighted by Crippen LogP contribution is 2.38. The van der Waals surface area contributed by atoms with Crippen molar-refractivity contribution >= 4 is 34.6 Å². The number of carboxylic acids is 1. The van der Waals surface area contributed by atoms with Crippen molar-refractivity contribution in [3.8, 4) is 16.9 Å². The number of aromatic carboxylic acids is 1. The van der Waals surface area contributed by atoms with E-state index in [4.69, 9.17) is 16.3 Å². The maximum absolute atomic E-state index is 11.3. The van der Waals surface area contributed by atoms with E-state index in [-0.39, 0.29) is 11.5 Å². The fourth-order valence-corrected chi connectivity index (χ4v) is 4.16. The van der Waals surface area contributed by atoms with Gasteiger partial charge >= 0.3 is 5.97 Å². The monoisotopic (exact) mass is 400 g/mol. The van der Waals surface area contributed by atoms with E-state index in [1.807, 2.05) is 17.5 Å². The van der Waals surface area contributed by atoms with Crippen molar-refractivity contribution in [2.24, 2.45) is 0 Å². The van der Waals surface area contributed by atoms with Gasteiger partial charge in [0.05, 0.1) is 28.4 Å². The maximum Gasteiger partial charge on any atom is 0.337 e.